The van der Waals surface area contributed by atoms with Crippen molar-refractivity contribution in [1.82, 2.24) is 24.3 Å². The average Bonchev–Trinajstić information content (AvgIpc) is 3.19. The Bertz CT molecular complexity index is 957. The largest absolute Gasteiger partial charge is 0.359 e. The summed E-state index contributed by atoms with van der Waals surface area (Å²) in [6.07, 6.45) is 4.49. The van der Waals surface area contributed by atoms with E-state index >= 15 is 0 Å². The van der Waals surface area contributed by atoms with Crippen molar-refractivity contribution in [1.29, 1.82) is 0 Å². The van der Waals surface area contributed by atoms with Gasteiger partial charge in [-0.15, -0.1) is 0 Å². The number of aryl methyl sites for hydroxylation is 1. The number of hydrogen-bond donors (Lipinski definition) is 1. The van der Waals surface area contributed by atoms with E-state index in [0.29, 0.717) is 0 Å². The van der Waals surface area contributed by atoms with Gasteiger partial charge < -0.3 is 19.4 Å². The van der Waals surface area contributed by atoms with Crippen molar-refractivity contribution in [2.24, 2.45) is 0 Å². The van der Waals surface area contributed by atoms with Crippen molar-refractivity contribution in [3.05, 3.63) is 53.0 Å². The molecule has 150 valence electrons. The topological polar surface area (TPSA) is 30.4 Å². The van der Waals surface area contributed by atoms with Crippen molar-refractivity contribution in [3.8, 4) is 5.69 Å². The number of hydrogen-bond acceptors (Lipinski definition) is 3. The van der Waals surface area contributed by atoms with Crippen molar-refractivity contribution in [2.75, 3.05) is 47.3 Å². The lowest BCUT2D eigenvalue weighted by atomic mass is 10.1. The monoisotopic (exact) mass is 379 g/mol. The number of nitrogens with one attached hydrogen (secondary N) is 1. The number of benzene rings is 1. The molecule has 2 aromatic heterocycles. The van der Waals surface area contributed by atoms with Gasteiger partial charge in [0.25, 0.3) is 0 Å². The SMILES string of the molecule is Cc1cn(-c2cccc3c(CN4CCN(C)CC4)c[nH]c23)c(C)c1CN(C)C. The molecule has 4 rings (SSSR count). The van der Waals surface area contributed by atoms with E-state index in [9.17, 15) is 0 Å². The second-order valence-corrected chi connectivity index (χ2v) is 8.58. The molecule has 1 aliphatic heterocycles. The van der Waals surface area contributed by atoms with Gasteiger partial charge in [0.2, 0.25) is 0 Å². The Kier molecular flexibility index (Phi) is 5.32. The number of para-hydroxylation sites is 1. The number of aromatic amines is 1. The van der Waals surface area contributed by atoms with Gasteiger partial charge in [0.1, 0.15) is 0 Å². The van der Waals surface area contributed by atoms with Crippen LogP contribution in [0.3, 0.4) is 0 Å². The zero-order valence-electron chi connectivity index (χ0n) is 17.9. The Morgan fingerprint density at radius 2 is 1.82 bits per heavy atom. The highest BCUT2D eigenvalue weighted by atomic mass is 15.2. The Morgan fingerprint density at radius 1 is 1.07 bits per heavy atom. The minimum Gasteiger partial charge on any atom is -0.359 e. The molecule has 3 heterocycles. The summed E-state index contributed by atoms with van der Waals surface area (Å²) in [6.45, 7) is 11.1. The predicted molar refractivity (Wildman–Crippen MR) is 117 cm³/mol. The maximum atomic E-state index is 3.58. The lowest BCUT2D eigenvalue weighted by molar-refractivity contribution is 0.148. The van der Waals surface area contributed by atoms with Crippen LogP contribution in [0, 0.1) is 13.8 Å². The van der Waals surface area contributed by atoms with Crippen LogP contribution in [0.15, 0.2) is 30.6 Å². The molecule has 5 heteroatoms. The van der Waals surface area contributed by atoms with Gasteiger partial charge in [0.05, 0.1) is 11.2 Å². The molecular weight excluding hydrogens is 346 g/mol. The van der Waals surface area contributed by atoms with Crippen LogP contribution in [0.2, 0.25) is 0 Å². The Balaban J connectivity index is 1.67. The van der Waals surface area contributed by atoms with Crippen molar-refractivity contribution < 1.29 is 0 Å². The fourth-order valence-corrected chi connectivity index (χ4v) is 4.38. The molecule has 0 saturated carbocycles. The number of nitrogens with zero attached hydrogens (tertiary/aromatic N) is 4. The normalized spacial score (nSPS) is 16.5. The number of likely N-dealkylation sites (N-methyl/N-ethyl adjacent to an activating group) is 1. The maximum absolute atomic E-state index is 3.58. The van der Waals surface area contributed by atoms with Crippen LogP contribution in [0.4, 0.5) is 0 Å². The molecule has 5 nitrogen and oxygen atoms in total. The highest BCUT2D eigenvalue weighted by molar-refractivity contribution is 5.90. The molecule has 3 aromatic rings. The highest BCUT2D eigenvalue weighted by Gasteiger charge is 2.18. The van der Waals surface area contributed by atoms with Crippen LogP contribution in [-0.2, 0) is 13.1 Å². The van der Waals surface area contributed by atoms with E-state index in [0.717, 1.165) is 39.3 Å². The van der Waals surface area contributed by atoms with Crippen LogP contribution in [-0.4, -0.2) is 71.6 Å². The minimum atomic E-state index is 0.972. The van der Waals surface area contributed by atoms with Gasteiger partial charge in [0, 0.05) is 62.7 Å². The van der Waals surface area contributed by atoms with E-state index in [1.165, 1.54) is 39.0 Å². The summed E-state index contributed by atoms with van der Waals surface area (Å²) in [4.78, 5) is 10.8. The fraction of sp³-hybridized carbons (Fsp3) is 0.478. The molecule has 0 bridgehead atoms. The van der Waals surface area contributed by atoms with Crippen LogP contribution in [0.5, 0.6) is 0 Å². The lowest BCUT2D eigenvalue weighted by Gasteiger charge is -2.32. The van der Waals surface area contributed by atoms with Crippen LogP contribution >= 0.6 is 0 Å². The molecule has 0 aliphatic carbocycles. The molecule has 1 N–H and O–H groups in total. The molecule has 0 atom stereocenters. The predicted octanol–water partition coefficient (Wildman–Crippen LogP) is 3.38. The summed E-state index contributed by atoms with van der Waals surface area (Å²) < 4.78 is 2.35. The smallest absolute Gasteiger partial charge is 0.0701 e. The third kappa shape index (κ3) is 3.62. The summed E-state index contributed by atoms with van der Waals surface area (Å²) in [7, 11) is 6.47. The second kappa shape index (κ2) is 7.74. The van der Waals surface area contributed by atoms with Crippen LogP contribution in [0.1, 0.15) is 22.4 Å². The summed E-state index contributed by atoms with van der Waals surface area (Å²) in [6, 6.07) is 6.68. The average molecular weight is 380 g/mol. The lowest BCUT2D eigenvalue weighted by Crippen LogP contribution is -2.43. The van der Waals surface area contributed by atoms with Crippen LogP contribution in [0.25, 0.3) is 16.6 Å². The Labute approximate surface area is 168 Å². The molecule has 0 amide bonds. The van der Waals surface area contributed by atoms with E-state index in [1.807, 2.05) is 0 Å². The van der Waals surface area contributed by atoms with Crippen molar-refractivity contribution >= 4 is 10.9 Å². The molecular formula is C23H33N5. The minimum absolute atomic E-state index is 0.972. The van der Waals surface area contributed by atoms with Crippen molar-refractivity contribution in [2.45, 2.75) is 26.9 Å². The molecule has 1 fully saturated rings. The van der Waals surface area contributed by atoms with Gasteiger partial charge in [-0.2, -0.15) is 0 Å². The third-order valence-electron chi connectivity index (χ3n) is 6.10. The van der Waals surface area contributed by atoms with E-state index in [-0.39, 0.29) is 0 Å². The quantitative estimate of drug-likeness (QED) is 0.737. The third-order valence-corrected chi connectivity index (χ3v) is 6.10. The van der Waals surface area contributed by atoms with Gasteiger partial charge >= 0.3 is 0 Å². The van der Waals surface area contributed by atoms with Gasteiger partial charge in [-0.1, -0.05) is 12.1 Å². The number of aromatic nitrogens is 2. The first kappa shape index (κ1) is 19.2. The number of piperazine rings is 1. The van der Waals surface area contributed by atoms with E-state index in [1.54, 1.807) is 0 Å². The zero-order chi connectivity index (χ0) is 19.8. The standard InChI is InChI=1S/C23H33N5/c1-17-14-28(18(2)21(17)16-25(3)4)22-8-6-7-20-19(13-24-23(20)22)15-27-11-9-26(5)10-12-27/h6-8,13-14,24H,9-12,15-16H2,1-5H3. The number of H-pyrrole nitrogens is 1. The van der Waals surface area contributed by atoms with Gasteiger partial charge in [0.15, 0.2) is 0 Å². The molecule has 1 saturated heterocycles. The first-order valence-electron chi connectivity index (χ1n) is 10.3. The summed E-state index contributed by atoms with van der Waals surface area (Å²) >= 11 is 0. The van der Waals surface area contributed by atoms with E-state index in [4.69, 9.17) is 0 Å². The zero-order valence-corrected chi connectivity index (χ0v) is 17.9. The fourth-order valence-electron chi connectivity index (χ4n) is 4.38. The summed E-state index contributed by atoms with van der Waals surface area (Å²) in [5.41, 5.74) is 7.98. The van der Waals surface area contributed by atoms with Gasteiger partial charge in [-0.25, -0.2) is 0 Å². The summed E-state index contributed by atoms with van der Waals surface area (Å²) in [5.74, 6) is 0. The Hall–Kier alpha value is -2.08. The summed E-state index contributed by atoms with van der Waals surface area (Å²) in [5, 5.41) is 1.34. The maximum Gasteiger partial charge on any atom is 0.0701 e. The molecule has 28 heavy (non-hydrogen) atoms. The second-order valence-electron chi connectivity index (χ2n) is 8.58. The van der Waals surface area contributed by atoms with E-state index < -0.39 is 0 Å². The first-order chi connectivity index (χ1) is 13.4. The molecule has 1 aliphatic rings. The van der Waals surface area contributed by atoms with Crippen molar-refractivity contribution in [3.63, 3.8) is 0 Å². The molecule has 0 radical (unpaired) electrons. The van der Waals surface area contributed by atoms with Crippen LogP contribution < -0.4 is 0 Å². The van der Waals surface area contributed by atoms with Gasteiger partial charge in [-0.3, -0.25) is 4.90 Å². The first-order valence-corrected chi connectivity index (χ1v) is 10.3. The molecule has 1 aromatic carbocycles. The Morgan fingerprint density at radius 3 is 2.54 bits per heavy atom. The number of rotatable bonds is 5. The molecule has 0 unspecified atom stereocenters. The van der Waals surface area contributed by atoms with Gasteiger partial charge in [-0.05, 0) is 57.7 Å². The molecule has 0 spiro atoms. The van der Waals surface area contributed by atoms with E-state index in [2.05, 4.69) is 89.8 Å². The number of fused-ring (bicyclic) bond motifs is 1. The highest BCUT2D eigenvalue weighted by Crippen LogP contribution is 2.29.